The van der Waals surface area contributed by atoms with Crippen molar-refractivity contribution in [1.82, 2.24) is 5.32 Å². The minimum absolute atomic E-state index is 0.185. The molecule has 14 heavy (non-hydrogen) atoms. The quantitative estimate of drug-likeness (QED) is 0.662. The molecule has 82 valence electrons. The standard InChI is InChI=1S/C11H22N2S/c1-10(8-14-4)7-13-6-5-11(2,3)9-12/h10,13H,5-8H2,1-4H3. The van der Waals surface area contributed by atoms with Gasteiger partial charge in [0.2, 0.25) is 0 Å². The van der Waals surface area contributed by atoms with Crippen molar-refractivity contribution in [2.24, 2.45) is 11.3 Å². The lowest BCUT2D eigenvalue weighted by Crippen LogP contribution is -2.26. The van der Waals surface area contributed by atoms with Crippen LogP contribution in [-0.2, 0) is 0 Å². The molecule has 2 nitrogen and oxygen atoms in total. The zero-order valence-electron chi connectivity index (χ0n) is 9.76. The molecular weight excluding hydrogens is 192 g/mol. The lowest BCUT2D eigenvalue weighted by molar-refractivity contribution is 0.422. The second-order valence-electron chi connectivity index (χ2n) is 4.51. The van der Waals surface area contributed by atoms with Crippen LogP contribution in [-0.4, -0.2) is 25.1 Å². The molecule has 3 heteroatoms. The molecule has 0 heterocycles. The minimum atomic E-state index is -0.185. The lowest BCUT2D eigenvalue weighted by Gasteiger charge is -2.16. The molecular formula is C11H22N2S. The fourth-order valence-electron chi connectivity index (χ4n) is 1.15. The molecule has 0 aliphatic rings. The van der Waals surface area contributed by atoms with Gasteiger partial charge in [0.05, 0.1) is 11.5 Å². The highest BCUT2D eigenvalue weighted by Crippen LogP contribution is 2.17. The Morgan fingerprint density at radius 3 is 2.64 bits per heavy atom. The summed E-state index contributed by atoms with van der Waals surface area (Å²) in [5.41, 5.74) is -0.185. The molecule has 0 rings (SSSR count). The molecule has 0 spiro atoms. The van der Waals surface area contributed by atoms with Crippen LogP contribution in [0.1, 0.15) is 27.2 Å². The summed E-state index contributed by atoms with van der Waals surface area (Å²) in [6.45, 7) is 8.22. The SMILES string of the molecule is CSCC(C)CNCCC(C)(C)C#N. The van der Waals surface area contributed by atoms with E-state index in [0.29, 0.717) is 0 Å². The first-order valence-corrected chi connectivity index (χ1v) is 6.52. The van der Waals surface area contributed by atoms with E-state index in [0.717, 1.165) is 25.4 Å². The molecule has 0 aromatic carbocycles. The largest absolute Gasteiger partial charge is 0.316 e. The Balaban J connectivity index is 3.43. The number of rotatable bonds is 7. The number of thioether (sulfide) groups is 1. The van der Waals surface area contributed by atoms with Crippen LogP contribution in [0.3, 0.4) is 0 Å². The predicted molar refractivity (Wildman–Crippen MR) is 64.4 cm³/mol. The van der Waals surface area contributed by atoms with Crippen LogP contribution in [0.2, 0.25) is 0 Å². The van der Waals surface area contributed by atoms with E-state index >= 15 is 0 Å². The topological polar surface area (TPSA) is 35.8 Å². The fourth-order valence-corrected chi connectivity index (χ4v) is 1.84. The Labute approximate surface area is 92.5 Å². The molecule has 0 fully saturated rings. The van der Waals surface area contributed by atoms with Gasteiger partial charge in [-0.1, -0.05) is 6.92 Å². The molecule has 0 aliphatic carbocycles. The first-order valence-electron chi connectivity index (χ1n) is 5.13. The maximum atomic E-state index is 8.81. The van der Waals surface area contributed by atoms with Crippen molar-refractivity contribution in [1.29, 1.82) is 5.26 Å². The van der Waals surface area contributed by atoms with Crippen molar-refractivity contribution in [3.8, 4) is 6.07 Å². The van der Waals surface area contributed by atoms with Crippen LogP contribution in [0, 0.1) is 22.7 Å². The lowest BCUT2D eigenvalue weighted by atomic mass is 9.91. The number of nitrogens with zero attached hydrogens (tertiary/aromatic N) is 1. The normalized spacial score (nSPS) is 13.6. The van der Waals surface area contributed by atoms with E-state index in [2.05, 4.69) is 24.6 Å². The van der Waals surface area contributed by atoms with Crippen molar-refractivity contribution >= 4 is 11.8 Å². The molecule has 0 aromatic heterocycles. The Bertz CT molecular complexity index is 184. The van der Waals surface area contributed by atoms with Crippen molar-refractivity contribution in [3.05, 3.63) is 0 Å². The smallest absolute Gasteiger partial charge is 0.0684 e. The fraction of sp³-hybridized carbons (Fsp3) is 0.909. The van der Waals surface area contributed by atoms with Crippen LogP contribution in [0.4, 0.5) is 0 Å². The number of hydrogen-bond acceptors (Lipinski definition) is 3. The van der Waals surface area contributed by atoms with Gasteiger partial charge in [-0.05, 0) is 51.3 Å². The number of nitriles is 1. The van der Waals surface area contributed by atoms with Gasteiger partial charge >= 0.3 is 0 Å². The summed E-state index contributed by atoms with van der Waals surface area (Å²) in [4.78, 5) is 0. The summed E-state index contributed by atoms with van der Waals surface area (Å²) in [5.74, 6) is 1.92. The highest BCUT2D eigenvalue weighted by molar-refractivity contribution is 7.98. The van der Waals surface area contributed by atoms with E-state index in [4.69, 9.17) is 5.26 Å². The Kier molecular flexibility index (Phi) is 7.04. The van der Waals surface area contributed by atoms with Gasteiger partial charge < -0.3 is 5.32 Å². The summed E-state index contributed by atoms with van der Waals surface area (Å²) in [5, 5.41) is 12.2. The monoisotopic (exact) mass is 214 g/mol. The Hall–Kier alpha value is -0.200. The Morgan fingerprint density at radius 2 is 2.14 bits per heavy atom. The third-order valence-corrected chi connectivity index (χ3v) is 3.08. The van der Waals surface area contributed by atoms with E-state index in [-0.39, 0.29) is 5.41 Å². The van der Waals surface area contributed by atoms with E-state index in [9.17, 15) is 0 Å². The van der Waals surface area contributed by atoms with Crippen LogP contribution < -0.4 is 5.32 Å². The van der Waals surface area contributed by atoms with E-state index in [1.807, 2.05) is 25.6 Å². The highest BCUT2D eigenvalue weighted by Gasteiger charge is 2.15. The van der Waals surface area contributed by atoms with Gasteiger partial charge in [-0.25, -0.2) is 0 Å². The van der Waals surface area contributed by atoms with Gasteiger partial charge in [0.1, 0.15) is 0 Å². The number of nitrogens with one attached hydrogen (secondary N) is 1. The minimum Gasteiger partial charge on any atom is -0.316 e. The highest BCUT2D eigenvalue weighted by atomic mass is 32.2. The summed E-state index contributed by atoms with van der Waals surface area (Å²) in [6, 6.07) is 2.31. The average molecular weight is 214 g/mol. The molecule has 0 aromatic rings. The molecule has 0 radical (unpaired) electrons. The van der Waals surface area contributed by atoms with Crippen molar-refractivity contribution in [3.63, 3.8) is 0 Å². The van der Waals surface area contributed by atoms with Crippen molar-refractivity contribution in [2.75, 3.05) is 25.1 Å². The molecule has 0 bridgehead atoms. The van der Waals surface area contributed by atoms with Gasteiger partial charge in [0, 0.05) is 0 Å². The van der Waals surface area contributed by atoms with E-state index < -0.39 is 0 Å². The molecule has 1 unspecified atom stereocenters. The second kappa shape index (κ2) is 7.14. The van der Waals surface area contributed by atoms with Gasteiger partial charge in [-0.2, -0.15) is 17.0 Å². The predicted octanol–water partition coefficient (Wildman–Crippen LogP) is 2.51. The Morgan fingerprint density at radius 1 is 1.50 bits per heavy atom. The molecule has 1 N–H and O–H groups in total. The third-order valence-electron chi connectivity index (χ3n) is 2.17. The van der Waals surface area contributed by atoms with Gasteiger partial charge in [-0.3, -0.25) is 0 Å². The van der Waals surface area contributed by atoms with Gasteiger partial charge in [0.25, 0.3) is 0 Å². The summed E-state index contributed by atoms with van der Waals surface area (Å²) in [6.07, 6.45) is 3.06. The first kappa shape index (κ1) is 13.8. The molecule has 0 saturated heterocycles. The van der Waals surface area contributed by atoms with Gasteiger partial charge in [0.15, 0.2) is 0 Å². The van der Waals surface area contributed by atoms with E-state index in [1.54, 1.807) is 0 Å². The molecule has 0 saturated carbocycles. The second-order valence-corrected chi connectivity index (χ2v) is 5.42. The van der Waals surface area contributed by atoms with Crippen LogP contribution in [0.5, 0.6) is 0 Å². The summed E-state index contributed by atoms with van der Waals surface area (Å²) in [7, 11) is 0. The zero-order valence-corrected chi connectivity index (χ0v) is 10.6. The maximum absolute atomic E-state index is 8.81. The summed E-state index contributed by atoms with van der Waals surface area (Å²) >= 11 is 1.89. The number of hydrogen-bond donors (Lipinski definition) is 1. The van der Waals surface area contributed by atoms with E-state index in [1.165, 1.54) is 5.75 Å². The molecule has 0 aliphatic heterocycles. The van der Waals surface area contributed by atoms with Gasteiger partial charge in [-0.15, -0.1) is 0 Å². The zero-order chi connectivity index (χ0) is 11.0. The van der Waals surface area contributed by atoms with Crippen molar-refractivity contribution in [2.45, 2.75) is 27.2 Å². The molecule has 1 atom stereocenters. The van der Waals surface area contributed by atoms with Crippen molar-refractivity contribution < 1.29 is 0 Å². The average Bonchev–Trinajstić information content (AvgIpc) is 2.13. The van der Waals surface area contributed by atoms with Crippen LogP contribution in [0.25, 0.3) is 0 Å². The van der Waals surface area contributed by atoms with Crippen LogP contribution >= 0.6 is 11.8 Å². The summed E-state index contributed by atoms with van der Waals surface area (Å²) < 4.78 is 0. The first-order chi connectivity index (χ1) is 6.52. The molecule has 0 amide bonds. The van der Waals surface area contributed by atoms with Crippen LogP contribution in [0.15, 0.2) is 0 Å². The maximum Gasteiger partial charge on any atom is 0.0684 e. The third kappa shape index (κ3) is 7.23.